The molecule has 2 aromatic heterocycles. The number of carbonyl (C=O) groups excluding carboxylic acids is 1. The molecule has 0 bridgehead atoms. The summed E-state index contributed by atoms with van der Waals surface area (Å²) in [4.78, 5) is 14.9. The summed E-state index contributed by atoms with van der Waals surface area (Å²) in [5.74, 6) is 1.93. The van der Waals surface area contributed by atoms with E-state index in [1.54, 1.807) is 0 Å². The molecule has 0 saturated carbocycles. The SMILES string of the molecule is CCOc1ccc(CC(=O)N2Cc3nn(-c4ccccc4C)c(-n4cccc4)c3C2)cc1. The third-order valence-corrected chi connectivity index (χ3v) is 5.86. The lowest BCUT2D eigenvalue weighted by atomic mass is 10.1. The first kappa shape index (κ1) is 20.1. The summed E-state index contributed by atoms with van der Waals surface area (Å²) >= 11 is 0. The van der Waals surface area contributed by atoms with Gasteiger partial charge in [-0.15, -0.1) is 0 Å². The van der Waals surface area contributed by atoms with Crippen LogP contribution in [0.4, 0.5) is 0 Å². The van der Waals surface area contributed by atoms with Gasteiger partial charge in [-0.2, -0.15) is 5.10 Å². The summed E-state index contributed by atoms with van der Waals surface area (Å²) in [7, 11) is 0. The third-order valence-electron chi connectivity index (χ3n) is 5.86. The Morgan fingerprint density at radius 3 is 2.47 bits per heavy atom. The zero-order valence-corrected chi connectivity index (χ0v) is 18.4. The van der Waals surface area contributed by atoms with E-state index in [-0.39, 0.29) is 5.91 Å². The molecule has 2 aromatic carbocycles. The van der Waals surface area contributed by atoms with E-state index in [1.807, 2.05) is 77.4 Å². The molecule has 0 atom stereocenters. The number of hydrogen-bond donors (Lipinski definition) is 0. The molecule has 6 nitrogen and oxygen atoms in total. The Morgan fingerprint density at radius 1 is 1.00 bits per heavy atom. The van der Waals surface area contributed by atoms with Crippen molar-refractivity contribution in [2.75, 3.05) is 6.61 Å². The Kier molecular flexibility index (Phi) is 5.27. The molecule has 0 fully saturated rings. The molecule has 162 valence electrons. The number of benzene rings is 2. The van der Waals surface area contributed by atoms with Gasteiger partial charge in [0.25, 0.3) is 0 Å². The summed E-state index contributed by atoms with van der Waals surface area (Å²) in [6.07, 6.45) is 4.42. The van der Waals surface area contributed by atoms with Crippen LogP contribution in [0.25, 0.3) is 11.5 Å². The van der Waals surface area contributed by atoms with Crippen molar-refractivity contribution in [2.45, 2.75) is 33.4 Å². The van der Waals surface area contributed by atoms with E-state index in [2.05, 4.69) is 23.6 Å². The van der Waals surface area contributed by atoms with Gasteiger partial charge < -0.3 is 14.2 Å². The normalized spacial score (nSPS) is 12.8. The van der Waals surface area contributed by atoms with E-state index in [0.29, 0.717) is 26.1 Å². The van der Waals surface area contributed by atoms with Gasteiger partial charge in [-0.25, -0.2) is 4.68 Å². The van der Waals surface area contributed by atoms with Crippen molar-refractivity contribution in [2.24, 2.45) is 0 Å². The topological polar surface area (TPSA) is 52.3 Å². The van der Waals surface area contributed by atoms with Gasteiger partial charge in [0.1, 0.15) is 11.6 Å². The van der Waals surface area contributed by atoms with Crippen LogP contribution >= 0.6 is 0 Å². The lowest BCUT2D eigenvalue weighted by molar-refractivity contribution is -0.131. The van der Waals surface area contributed by atoms with Crippen LogP contribution in [0.3, 0.4) is 0 Å². The van der Waals surface area contributed by atoms with Crippen LogP contribution in [0.15, 0.2) is 73.1 Å². The second-order valence-electron chi connectivity index (χ2n) is 8.04. The van der Waals surface area contributed by atoms with Crippen LogP contribution in [0.1, 0.15) is 29.3 Å². The number of aromatic nitrogens is 3. The number of hydrogen-bond acceptors (Lipinski definition) is 3. The first-order valence-corrected chi connectivity index (χ1v) is 10.9. The molecule has 6 heteroatoms. The third kappa shape index (κ3) is 3.68. The van der Waals surface area contributed by atoms with E-state index in [1.165, 1.54) is 0 Å². The summed E-state index contributed by atoms with van der Waals surface area (Å²) < 4.78 is 9.58. The molecule has 0 N–H and O–H groups in total. The molecule has 0 radical (unpaired) electrons. The largest absolute Gasteiger partial charge is 0.494 e. The predicted molar refractivity (Wildman–Crippen MR) is 123 cm³/mol. The van der Waals surface area contributed by atoms with E-state index in [0.717, 1.165) is 39.6 Å². The number of ether oxygens (including phenoxy) is 1. The van der Waals surface area contributed by atoms with Gasteiger partial charge in [-0.1, -0.05) is 30.3 Å². The fraction of sp³-hybridized carbons (Fsp3) is 0.231. The average molecular weight is 427 g/mol. The highest BCUT2D eigenvalue weighted by atomic mass is 16.5. The standard InChI is InChI=1S/C26H26N4O2/c1-3-32-21-12-10-20(11-13-21)16-25(31)29-17-22-23(18-29)27-30(24-9-5-4-8-19(24)2)26(22)28-14-6-7-15-28/h4-15H,3,16-18H2,1-2H3. The molecule has 4 aromatic rings. The van der Waals surface area contributed by atoms with E-state index in [4.69, 9.17) is 9.84 Å². The molecular weight excluding hydrogens is 400 g/mol. The Hall–Kier alpha value is -3.80. The zero-order chi connectivity index (χ0) is 22.1. The molecule has 0 spiro atoms. The Balaban J connectivity index is 1.41. The minimum Gasteiger partial charge on any atom is -0.494 e. The number of nitrogens with zero attached hydrogens (tertiary/aromatic N) is 4. The maximum atomic E-state index is 13.1. The van der Waals surface area contributed by atoms with Gasteiger partial charge in [0.2, 0.25) is 5.91 Å². The van der Waals surface area contributed by atoms with E-state index >= 15 is 0 Å². The molecule has 32 heavy (non-hydrogen) atoms. The molecule has 5 rings (SSSR count). The highest BCUT2D eigenvalue weighted by Crippen LogP contribution is 2.31. The van der Waals surface area contributed by atoms with Crippen molar-refractivity contribution in [3.8, 4) is 17.3 Å². The molecule has 1 aliphatic rings. The highest BCUT2D eigenvalue weighted by molar-refractivity contribution is 5.79. The van der Waals surface area contributed by atoms with Crippen LogP contribution in [-0.4, -0.2) is 31.8 Å². The second kappa shape index (κ2) is 8.38. The van der Waals surface area contributed by atoms with Crippen molar-refractivity contribution in [3.63, 3.8) is 0 Å². The minimum atomic E-state index is 0.105. The number of rotatable bonds is 6. The van der Waals surface area contributed by atoms with Gasteiger partial charge >= 0.3 is 0 Å². The fourth-order valence-corrected chi connectivity index (χ4v) is 4.24. The quantitative estimate of drug-likeness (QED) is 0.458. The van der Waals surface area contributed by atoms with Crippen molar-refractivity contribution in [1.29, 1.82) is 0 Å². The molecule has 0 unspecified atom stereocenters. The maximum absolute atomic E-state index is 13.1. The van der Waals surface area contributed by atoms with Gasteiger partial charge in [-0.3, -0.25) is 4.79 Å². The maximum Gasteiger partial charge on any atom is 0.227 e. The monoisotopic (exact) mass is 426 g/mol. The van der Waals surface area contributed by atoms with Crippen LogP contribution in [0.5, 0.6) is 5.75 Å². The Morgan fingerprint density at radius 2 is 1.75 bits per heavy atom. The van der Waals surface area contributed by atoms with Gasteiger partial charge in [0.05, 0.1) is 37.5 Å². The van der Waals surface area contributed by atoms with Gasteiger partial charge in [0, 0.05) is 18.0 Å². The highest BCUT2D eigenvalue weighted by Gasteiger charge is 2.31. The lowest BCUT2D eigenvalue weighted by Gasteiger charge is -2.18. The summed E-state index contributed by atoms with van der Waals surface area (Å²) in [5.41, 5.74) is 5.25. The molecule has 0 saturated heterocycles. The number of amides is 1. The van der Waals surface area contributed by atoms with Crippen molar-refractivity contribution < 1.29 is 9.53 Å². The fourth-order valence-electron chi connectivity index (χ4n) is 4.24. The molecule has 1 amide bonds. The molecule has 1 aliphatic heterocycles. The zero-order valence-electron chi connectivity index (χ0n) is 18.4. The average Bonchev–Trinajstić information content (AvgIpc) is 3.52. The Bertz CT molecular complexity index is 1240. The lowest BCUT2D eigenvalue weighted by Crippen LogP contribution is -2.28. The summed E-state index contributed by atoms with van der Waals surface area (Å²) in [6, 6.07) is 20.0. The van der Waals surface area contributed by atoms with Crippen molar-refractivity contribution in [3.05, 3.63) is 95.4 Å². The summed E-state index contributed by atoms with van der Waals surface area (Å²) in [6.45, 7) is 5.77. The van der Waals surface area contributed by atoms with Gasteiger partial charge in [-0.05, 0) is 55.3 Å². The smallest absolute Gasteiger partial charge is 0.227 e. The number of para-hydroxylation sites is 1. The van der Waals surface area contributed by atoms with E-state index in [9.17, 15) is 4.79 Å². The molecule has 3 heterocycles. The predicted octanol–water partition coefficient (Wildman–Crippen LogP) is 4.46. The molecule has 0 aliphatic carbocycles. The van der Waals surface area contributed by atoms with Crippen molar-refractivity contribution >= 4 is 5.91 Å². The number of fused-ring (bicyclic) bond motifs is 1. The van der Waals surface area contributed by atoms with E-state index < -0.39 is 0 Å². The van der Waals surface area contributed by atoms with Crippen LogP contribution in [0, 0.1) is 6.92 Å². The number of aryl methyl sites for hydroxylation is 1. The first-order valence-electron chi connectivity index (χ1n) is 10.9. The Labute approximate surface area is 187 Å². The molecular formula is C26H26N4O2. The first-order chi connectivity index (χ1) is 15.6. The van der Waals surface area contributed by atoms with Crippen LogP contribution in [0.2, 0.25) is 0 Å². The van der Waals surface area contributed by atoms with Crippen LogP contribution in [-0.2, 0) is 24.3 Å². The summed E-state index contributed by atoms with van der Waals surface area (Å²) in [5, 5.41) is 4.93. The van der Waals surface area contributed by atoms with Crippen molar-refractivity contribution in [1.82, 2.24) is 19.2 Å². The van der Waals surface area contributed by atoms with Gasteiger partial charge in [0.15, 0.2) is 0 Å². The minimum absolute atomic E-state index is 0.105. The second-order valence-corrected chi connectivity index (χ2v) is 8.04. The van der Waals surface area contributed by atoms with Crippen LogP contribution < -0.4 is 4.74 Å². The number of carbonyl (C=O) groups is 1.